The summed E-state index contributed by atoms with van der Waals surface area (Å²) in [5.41, 5.74) is 2.37. The lowest BCUT2D eigenvalue weighted by atomic mass is 9.97. The average Bonchev–Trinajstić information content (AvgIpc) is 2.41. The fraction of sp³-hybridized carbons (Fsp3) is 0.250. The summed E-state index contributed by atoms with van der Waals surface area (Å²) in [5, 5.41) is 4.56. The number of rotatable bonds is 4. The number of nitrogens with one attached hydrogen (secondary N) is 1. The van der Waals surface area contributed by atoms with Crippen LogP contribution in [0.4, 0.5) is 4.39 Å². The van der Waals surface area contributed by atoms with Gasteiger partial charge in [-0.05, 0) is 42.8 Å². The Hall–Kier alpha value is -1.09. The van der Waals surface area contributed by atoms with Crippen LogP contribution in [0.1, 0.15) is 29.7 Å². The third-order valence-corrected chi connectivity index (χ3v) is 3.87. The van der Waals surface area contributed by atoms with Crippen LogP contribution in [0.25, 0.3) is 0 Å². The molecule has 1 unspecified atom stereocenters. The van der Waals surface area contributed by atoms with Crippen LogP contribution in [0.3, 0.4) is 0 Å². The number of hydrogen-bond donors (Lipinski definition) is 1. The zero-order valence-corrected chi connectivity index (χ0v) is 12.9. The number of aryl methyl sites for hydroxylation is 1. The maximum absolute atomic E-state index is 13.4. The summed E-state index contributed by atoms with van der Waals surface area (Å²) in [6.07, 6.45) is 0. The summed E-state index contributed by atoms with van der Waals surface area (Å²) in [6.45, 7) is 4.51. The normalized spacial score (nSPS) is 12.4. The third-order valence-electron chi connectivity index (χ3n) is 3.21. The van der Waals surface area contributed by atoms with Gasteiger partial charge in [0, 0.05) is 15.6 Å². The Morgan fingerprint density at radius 1 is 1.15 bits per heavy atom. The largest absolute Gasteiger partial charge is 0.306 e. The molecule has 0 saturated heterocycles. The minimum Gasteiger partial charge on any atom is -0.306 e. The quantitative estimate of drug-likeness (QED) is 0.824. The first-order chi connectivity index (χ1) is 9.54. The maximum Gasteiger partial charge on any atom is 0.126 e. The predicted octanol–water partition coefficient (Wildman–Crippen LogP) is 5.14. The Balaban J connectivity index is 2.53. The van der Waals surface area contributed by atoms with Crippen LogP contribution in [-0.2, 0) is 0 Å². The lowest BCUT2D eigenvalue weighted by molar-refractivity contribution is 0.606. The molecular formula is C16H16Cl2FN. The molecule has 1 atom stereocenters. The van der Waals surface area contributed by atoms with Crippen LogP contribution < -0.4 is 5.32 Å². The van der Waals surface area contributed by atoms with Gasteiger partial charge in [-0.2, -0.15) is 0 Å². The number of hydrogen-bond acceptors (Lipinski definition) is 1. The van der Waals surface area contributed by atoms with Crippen molar-refractivity contribution < 1.29 is 4.39 Å². The topological polar surface area (TPSA) is 12.0 Å². The van der Waals surface area contributed by atoms with Crippen molar-refractivity contribution in [2.24, 2.45) is 0 Å². The van der Waals surface area contributed by atoms with Gasteiger partial charge in [-0.15, -0.1) is 0 Å². The number of benzene rings is 2. The molecule has 0 heterocycles. The van der Waals surface area contributed by atoms with E-state index >= 15 is 0 Å². The fourth-order valence-electron chi connectivity index (χ4n) is 2.22. The highest BCUT2D eigenvalue weighted by atomic mass is 35.5. The molecule has 0 radical (unpaired) electrons. The van der Waals surface area contributed by atoms with Crippen LogP contribution in [0.5, 0.6) is 0 Å². The van der Waals surface area contributed by atoms with Gasteiger partial charge in [-0.25, -0.2) is 4.39 Å². The van der Waals surface area contributed by atoms with Crippen LogP contribution in [-0.4, -0.2) is 6.54 Å². The standard InChI is InChI=1S/C16H16Cl2FN/c1-3-20-16(11-7-8-14(19)10(2)9-11)15-12(17)5-4-6-13(15)18/h4-9,16,20H,3H2,1-2H3. The lowest BCUT2D eigenvalue weighted by Crippen LogP contribution is -2.22. The lowest BCUT2D eigenvalue weighted by Gasteiger charge is -2.22. The molecule has 0 bridgehead atoms. The molecule has 2 rings (SSSR count). The van der Waals surface area contributed by atoms with Crippen LogP contribution in [0.2, 0.25) is 10.0 Å². The Bertz CT molecular complexity index is 593. The van der Waals surface area contributed by atoms with Gasteiger partial charge in [0.2, 0.25) is 0 Å². The second-order valence-electron chi connectivity index (χ2n) is 4.63. The van der Waals surface area contributed by atoms with Crippen molar-refractivity contribution in [1.29, 1.82) is 0 Å². The third kappa shape index (κ3) is 3.14. The summed E-state index contributed by atoms with van der Waals surface area (Å²) < 4.78 is 13.4. The fourth-order valence-corrected chi connectivity index (χ4v) is 2.84. The van der Waals surface area contributed by atoms with E-state index in [0.29, 0.717) is 15.6 Å². The van der Waals surface area contributed by atoms with E-state index in [1.165, 1.54) is 6.07 Å². The Morgan fingerprint density at radius 2 is 1.80 bits per heavy atom. The van der Waals surface area contributed by atoms with Crippen LogP contribution >= 0.6 is 23.2 Å². The monoisotopic (exact) mass is 311 g/mol. The predicted molar refractivity (Wildman–Crippen MR) is 83.1 cm³/mol. The van der Waals surface area contributed by atoms with Crippen LogP contribution in [0.15, 0.2) is 36.4 Å². The summed E-state index contributed by atoms with van der Waals surface area (Å²) in [7, 11) is 0. The van der Waals surface area contributed by atoms with Crippen molar-refractivity contribution in [3.8, 4) is 0 Å². The maximum atomic E-state index is 13.4. The van der Waals surface area contributed by atoms with Crippen molar-refractivity contribution in [3.05, 3.63) is 69.0 Å². The minimum atomic E-state index is -0.214. The molecule has 0 amide bonds. The van der Waals surface area contributed by atoms with E-state index in [-0.39, 0.29) is 11.9 Å². The summed E-state index contributed by atoms with van der Waals surface area (Å²) in [4.78, 5) is 0. The highest BCUT2D eigenvalue weighted by Crippen LogP contribution is 2.34. The van der Waals surface area contributed by atoms with E-state index in [4.69, 9.17) is 23.2 Å². The van der Waals surface area contributed by atoms with Gasteiger partial charge >= 0.3 is 0 Å². The molecule has 0 fully saturated rings. The first kappa shape index (κ1) is 15.3. The zero-order chi connectivity index (χ0) is 14.7. The van der Waals surface area contributed by atoms with Gasteiger partial charge in [0.15, 0.2) is 0 Å². The Labute approximate surface area is 128 Å². The summed E-state index contributed by atoms with van der Waals surface area (Å²) in [5.74, 6) is -0.214. The van der Waals surface area contributed by atoms with E-state index < -0.39 is 0 Å². The highest BCUT2D eigenvalue weighted by molar-refractivity contribution is 6.36. The SMILES string of the molecule is CCNC(c1ccc(F)c(C)c1)c1c(Cl)cccc1Cl. The van der Waals surface area contributed by atoms with Crippen molar-refractivity contribution >= 4 is 23.2 Å². The first-order valence-corrected chi connectivity index (χ1v) is 7.23. The van der Waals surface area contributed by atoms with Crippen molar-refractivity contribution in [3.63, 3.8) is 0 Å². The zero-order valence-electron chi connectivity index (χ0n) is 11.4. The molecule has 1 N–H and O–H groups in total. The van der Waals surface area contributed by atoms with Crippen molar-refractivity contribution in [2.75, 3.05) is 6.54 Å². The molecule has 0 aliphatic carbocycles. The second kappa shape index (κ2) is 6.57. The van der Waals surface area contributed by atoms with Gasteiger partial charge in [-0.1, -0.05) is 48.3 Å². The van der Waals surface area contributed by atoms with Gasteiger partial charge in [0.05, 0.1) is 6.04 Å². The summed E-state index contributed by atoms with van der Waals surface area (Å²) in [6, 6.07) is 10.3. The van der Waals surface area contributed by atoms with E-state index in [9.17, 15) is 4.39 Å². The first-order valence-electron chi connectivity index (χ1n) is 6.48. The summed E-state index contributed by atoms with van der Waals surface area (Å²) >= 11 is 12.6. The van der Waals surface area contributed by atoms with Gasteiger partial charge < -0.3 is 5.32 Å². The van der Waals surface area contributed by atoms with Gasteiger partial charge in [0.1, 0.15) is 5.82 Å². The molecule has 0 saturated carbocycles. The van der Waals surface area contributed by atoms with Crippen molar-refractivity contribution in [1.82, 2.24) is 5.32 Å². The van der Waals surface area contributed by atoms with E-state index in [1.54, 1.807) is 13.0 Å². The van der Waals surface area contributed by atoms with Gasteiger partial charge in [0.25, 0.3) is 0 Å². The van der Waals surface area contributed by atoms with E-state index in [2.05, 4.69) is 5.32 Å². The molecular weight excluding hydrogens is 296 g/mol. The molecule has 4 heteroatoms. The molecule has 1 nitrogen and oxygen atoms in total. The smallest absolute Gasteiger partial charge is 0.126 e. The van der Waals surface area contributed by atoms with Crippen LogP contribution in [0, 0.1) is 12.7 Å². The van der Waals surface area contributed by atoms with E-state index in [0.717, 1.165) is 17.7 Å². The molecule has 0 aliphatic rings. The molecule has 106 valence electrons. The highest BCUT2D eigenvalue weighted by Gasteiger charge is 2.19. The Morgan fingerprint density at radius 3 is 2.35 bits per heavy atom. The molecule has 0 aliphatic heterocycles. The molecule has 0 spiro atoms. The van der Waals surface area contributed by atoms with E-state index in [1.807, 2.05) is 31.2 Å². The minimum absolute atomic E-state index is 0.152. The number of halogens is 3. The second-order valence-corrected chi connectivity index (χ2v) is 5.45. The van der Waals surface area contributed by atoms with Crippen molar-refractivity contribution in [2.45, 2.75) is 19.9 Å². The molecule has 20 heavy (non-hydrogen) atoms. The van der Waals surface area contributed by atoms with Gasteiger partial charge in [-0.3, -0.25) is 0 Å². The molecule has 2 aromatic carbocycles. The molecule has 0 aromatic heterocycles. The molecule has 2 aromatic rings. The Kier molecular flexibility index (Phi) is 5.03. The average molecular weight is 312 g/mol.